The SMILES string of the molecule is CNC(=O)N/C=C(\C=O)c1cc(N2CCC(OC)(C(F)(F)F)C2)c2nccn2n1. The van der Waals surface area contributed by atoms with Crippen molar-refractivity contribution in [3.8, 4) is 0 Å². The number of alkyl halides is 3. The van der Waals surface area contributed by atoms with E-state index in [4.69, 9.17) is 4.74 Å². The Morgan fingerprint density at radius 1 is 1.41 bits per heavy atom. The van der Waals surface area contributed by atoms with Crippen molar-refractivity contribution in [2.24, 2.45) is 0 Å². The maximum absolute atomic E-state index is 13.5. The van der Waals surface area contributed by atoms with E-state index >= 15 is 0 Å². The van der Waals surface area contributed by atoms with Crippen molar-refractivity contribution >= 4 is 29.2 Å². The lowest BCUT2D eigenvalue weighted by molar-refractivity contribution is -0.260. The number of nitrogens with zero attached hydrogens (tertiary/aromatic N) is 4. The van der Waals surface area contributed by atoms with E-state index in [0.29, 0.717) is 17.6 Å². The van der Waals surface area contributed by atoms with Crippen molar-refractivity contribution in [2.45, 2.75) is 18.2 Å². The number of hydrogen-bond donors (Lipinski definition) is 2. The lowest BCUT2D eigenvalue weighted by atomic mass is 10.0. The number of carbonyl (C=O) groups is 2. The first-order valence-corrected chi connectivity index (χ1v) is 8.60. The first-order valence-electron chi connectivity index (χ1n) is 8.60. The predicted molar refractivity (Wildman–Crippen MR) is 97.2 cm³/mol. The molecule has 2 N–H and O–H groups in total. The average Bonchev–Trinajstić information content (AvgIpc) is 3.34. The first kappa shape index (κ1) is 20.6. The van der Waals surface area contributed by atoms with E-state index in [1.807, 2.05) is 0 Å². The van der Waals surface area contributed by atoms with Crippen molar-refractivity contribution in [1.82, 2.24) is 25.2 Å². The topological polar surface area (TPSA) is 101 Å². The number of rotatable bonds is 5. The molecule has 1 unspecified atom stereocenters. The van der Waals surface area contributed by atoms with Crippen LogP contribution in [0, 0.1) is 0 Å². The smallest absolute Gasteiger partial charge is 0.367 e. The second-order valence-corrected chi connectivity index (χ2v) is 6.42. The van der Waals surface area contributed by atoms with Gasteiger partial charge in [-0.25, -0.2) is 14.3 Å². The van der Waals surface area contributed by atoms with E-state index in [2.05, 4.69) is 20.7 Å². The molecule has 0 spiro atoms. The number of ether oxygens (including phenoxy) is 1. The number of halogens is 3. The number of carbonyl (C=O) groups excluding carboxylic acids is 2. The number of urea groups is 1. The van der Waals surface area contributed by atoms with Crippen LogP contribution in [0.1, 0.15) is 12.1 Å². The zero-order valence-corrected chi connectivity index (χ0v) is 15.7. The van der Waals surface area contributed by atoms with Gasteiger partial charge in [-0.15, -0.1) is 0 Å². The Hall–Kier alpha value is -3.15. The lowest BCUT2D eigenvalue weighted by Gasteiger charge is -2.30. The normalized spacial score (nSPS) is 20.2. The summed E-state index contributed by atoms with van der Waals surface area (Å²) in [6.07, 6.45) is -0.161. The average molecular weight is 412 g/mol. The molecule has 0 bridgehead atoms. The number of aromatic nitrogens is 3. The van der Waals surface area contributed by atoms with Crippen molar-refractivity contribution in [3.05, 3.63) is 30.4 Å². The summed E-state index contributed by atoms with van der Waals surface area (Å²) >= 11 is 0. The van der Waals surface area contributed by atoms with Gasteiger partial charge in [-0.1, -0.05) is 0 Å². The molecule has 9 nitrogen and oxygen atoms in total. The minimum Gasteiger partial charge on any atom is -0.367 e. The highest BCUT2D eigenvalue weighted by Crippen LogP contribution is 2.42. The number of imidazole rings is 1. The largest absolute Gasteiger partial charge is 0.419 e. The van der Waals surface area contributed by atoms with Crippen LogP contribution in [-0.4, -0.2) is 65.9 Å². The number of anilines is 1. The summed E-state index contributed by atoms with van der Waals surface area (Å²) in [5, 5.41) is 8.95. The van der Waals surface area contributed by atoms with Crippen molar-refractivity contribution in [1.29, 1.82) is 0 Å². The Morgan fingerprint density at radius 3 is 2.76 bits per heavy atom. The van der Waals surface area contributed by atoms with Crippen LogP contribution < -0.4 is 15.5 Å². The molecule has 0 aliphatic carbocycles. The van der Waals surface area contributed by atoms with E-state index in [9.17, 15) is 22.8 Å². The van der Waals surface area contributed by atoms with Gasteiger partial charge in [-0.05, 0) is 6.07 Å². The molecule has 2 aromatic rings. The minimum atomic E-state index is -4.54. The van der Waals surface area contributed by atoms with Crippen LogP contribution in [-0.2, 0) is 9.53 Å². The molecule has 0 radical (unpaired) electrons. The third-order valence-electron chi connectivity index (χ3n) is 4.83. The highest BCUT2D eigenvalue weighted by atomic mass is 19.4. The summed E-state index contributed by atoms with van der Waals surface area (Å²) in [5.41, 5.74) is -1.37. The predicted octanol–water partition coefficient (Wildman–Crippen LogP) is 1.36. The van der Waals surface area contributed by atoms with Crippen molar-refractivity contribution in [3.63, 3.8) is 0 Å². The molecule has 0 aromatic carbocycles. The Balaban J connectivity index is 2.02. The highest BCUT2D eigenvalue weighted by Gasteiger charge is 2.59. The Bertz CT molecular complexity index is 958. The molecule has 1 aliphatic rings. The molecule has 3 heterocycles. The van der Waals surface area contributed by atoms with Gasteiger partial charge in [0, 0.05) is 45.7 Å². The van der Waals surface area contributed by atoms with Gasteiger partial charge in [0.2, 0.25) is 0 Å². The summed E-state index contributed by atoms with van der Waals surface area (Å²) < 4.78 is 46.9. The number of fused-ring (bicyclic) bond motifs is 1. The van der Waals surface area contributed by atoms with Crippen LogP contribution in [0.25, 0.3) is 11.2 Å². The number of allylic oxidation sites excluding steroid dienone is 1. The molecular weight excluding hydrogens is 393 g/mol. The molecule has 1 fully saturated rings. The van der Waals surface area contributed by atoms with Gasteiger partial charge in [0.1, 0.15) is 0 Å². The standard InChI is InChI=1S/C17H19F3N6O3/c1-21-15(28)23-8-11(9-27)12-7-13(14-22-4-6-26(14)24-12)25-5-3-16(10-25,29-2)17(18,19)20/h4,6-9H,3,5,10H2,1-2H3,(H2,21,23,28)/b11-8+. The maximum Gasteiger partial charge on any atom is 0.419 e. The van der Waals surface area contributed by atoms with E-state index in [1.165, 1.54) is 41.1 Å². The monoisotopic (exact) mass is 412 g/mol. The first-order chi connectivity index (χ1) is 13.7. The molecule has 12 heteroatoms. The molecule has 2 amide bonds. The molecule has 3 rings (SSSR count). The number of aldehydes is 1. The van der Waals surface area contributed by atoms with Gasteiger partial charge in [-0.2, -0.15) is 18.3 Å². The fraction of sp³-hybridized carbons (Fsp3) is 0.412. The van der Waals surface area contributed by atoms with Gasteiger partial charge >= 0.3 is 12.2 Å². The molecule has 2 aromatic heterocycles. The van der Waals surface area contributed by atoms with Gasteiger partial charge in [0.05, 0.1) is 23.5 Å². The summed E-state index contributed by atoms with van der Waals surface area (Å²) in [4.78, 5) is 28.5. The summed E-state index contributed by atoms with van der Waals surface area (Å²) in [5.74, 6) is 0. The summed E-state index contributed by atoms with van der Waals surface area (Å²) in [7, 11) is 2.45. The van der Waals surface area contributed by atoms with E-state index in [0.717, 1.165) is 7.11 Å². The third-order valence-corrected chi connectivity index (χ3v) is 4.83. The molecule has 29 heavy (non-hydrogen) atoms. The van der Waals surface area contributed by atoms with E-state index in [-0.39, 0.29) is 24.2 Å². The second kappa shape index (κ2) is 7.70. The van der Waals surface area contributed by atoms with Crippen LogP contribution in [0.5, 0.6) is 0 Å². The molecule has 1 aliphatic heterocycles. The van der Waals surface area contributed by atoms with Crippen molar-refractivity contribution < 1.29 is 27.5 Å². The van der Waals surface area contributed by atoms with E-state index in [1.54, 1.807) is 0 Å². The van der Waals surface area contributed by atoms with E-state index < -0.39 is 24.4 Å². The molecule has 1 atom stereocenters. The van der Waals surface area contributed by atoms with Crippen molar-refractivity contribution in [2.75, 3.05) is 32.1 Å². The Labute approximate surface area is 163 Å². The minimum absolute atomic E-state index is 0.0403. The number of hydrogen-bond acceptors (Lipinski definition) is 6. The van der Waals surface area contributed by atoms with Crippen LogP contribution in [0.15, 0.2) is 24.7 Å². The number of nitrogens with one attached hydrogen (secondary N) is 2. The van der Waals surface area contributed by atoms with Gasteiger partial charge in [0.25, 0.3) is 0 Å². The van der Waals surface area contributed by atoms with Crippen LogP contribution in [0.3, 0.4) is 0 Å². The highest BCUT2D eigenvalue weighted by molar-refractivity contribution is 6.06. The maximum atomic E-state index is 13.5. The zero-order valence-electron chi connectivity index (χ0n) is 15.7. The fourth-order valence-corrected chi connectivity index (χ4v) is 3.16. The quantitative estimate of drug-likeness (QED) is 0.568. The summed E-state index contributed by atoms with van der Waals surface area (Å²) in [6.45, 7) is -0.342. The third kappa shape index (κ3) is 3.75. The van der Waals surface area contributed by atoms with Crippen LogP contribution in [0.2, 0.25) is 0 Å². The Kier molecular flexibility index (Phi) is 5.46. The molecule has 156 valence electrons. The number of methoxy groups -OCH3 is 1. The van der Waals surface area contributed by atoms with Crippen LogP contribution >= 0.6 is 0 Å². The fourth-order valence-electron chi connectivity index (χ4n) is 3.16. The van der Waals surface area contributed by atoms with Gasteiger partial charge in [0.15, 0.2) is 17.5 Å². The zero-order chi connectivity index (χ0) is 21.2. The summed E-state index contributed by atoms with van der Waals surface area (Å²) in [6, 6.07) is 0.929. The Morgan fingerprint density at radius 2 is 2.17 bits per heavy atom. The molecular formula is C17H19F3N6O3. The molecule has 0 saturated carbocycles. The lowest BCUT2D eigenvalue weighted by Crippen LogP contribution is -2.49. The van der Waals surface area contributed by atoms with Crippen LogP contribution in [0.4, 0.5) is 23.7 Å². The van der Waals surface area contributed by atoms with Gasteiger partial charge < -0.3 is 20.3 Å². The second-order valence-electron chi connectivity index (χ2n) is 6.42. The van der Waals surface area contributed by atoms with Gasteiger partial charge in [-0.3, -0.25) is 4.79 Å². The molecule has 1 saturated heterocycles. The number of amides is 2.